The zero-order valence-corrected chi connectivity index (χ0v) is 12.2. The van der Waals surface area contributed by atoms with Crippen molar-refractivity contribution >= 4 is 0 Å². The molecule has 0 saturated heterocycles. The van der Waals surface area contributed by atoms with Gasteiger partial charge in [0.2, 0.25) is 0 Å². The van der Waals surface area contributed by atoms with Crippen LogP contribution in [0.1, 0.15) is 45.7 Å². The van der Waals surface area contributed by atoms with E-state index in [1.54, 1.807) is 0 Å². The highest BCUT2D eigenvalue weighted by Gasteiger charge is 2.60. The maximum atomic E-state index is 3.83. The van der Waals surface area contributed by atoms with Crippen molar-refractivity contribution in [1.29, 1.82) is 0 Å². The van der Waals surface area contributed by atoms with E-state index in [1.165, 1.54) is 25.0 Å². The average Bonchev–Trinajstić information content (AvgIpc) is 2.87. The minimum atomic E-state index is 0.489. The third kappa shape index (κ3) is 1.51. The van der Waals surface area contributed by atoms with Gasteiger partial charge in [0.1, 0.15) is 0 Å². The van der Waals surface area contributed by atoms with Crippen molar-refractivity contribution < 1.29 is 0 Å². The largest absolute Gasteiger partial charge is 0.353 e. The smallest absolute Gasteiger partial charge is 0.0361 e. The molecule has 1 N–H and O–H groups in total. The van der Waals surface area contributed by atoms with Gasteiger partial charge in [0.25, 0.3) is 0 Å². The van der Waals surface area contributed by atoms with Crippen LogP contribution in [0.4, 0.5) is 0 Å². The zero-order valence-electron chi connectivity index (χ0n) is 12.2. The standard InChI is InChI=1S/C16H26N2/c1-15(2)12-7-8-16(15,3)14(10-12)17-11-13-6-5-9-18(13)4/h5-6,9,12,14,17H,7-8,10-11H2,1-4H3. The van der Waals surface area contributed by atoms with E-state index in [0.29, 0.717) is 16.9 Å². The topological polar surface area (TPSA) is 17.0 Å². The predicted octanol–water partition coefficient (Wildman–Crippen LogP) is 3.33. The summed E-state index contributed by atoms with van der Waals surface area (Å²) < 4.78 is 2.22. The van der Waals surface area contributed by atoms with Crippen molar-refractivity contribution in [3.8, 4) is 0 Å². The molecule has 2 aliphatic rings. The van der Waals surface area contributed by atoms with E-state index in [-0.39, 0.29) is 0 Å². The normalized spacial score (nSPS) is 37.3. The molecule has 0 aromatic carbocycles. The molecule has 0 radical (unpaired) electrons. The lowest BCUT2D eigenvalue weighted by Gasteiger charge is -2.39. The van der Waals surface area contributed by atoms with E-state index in [2.05, 4.69) is 56.0 Å². The molecule has 1 aromatic heterocycles. The third-order valence-corrected chi connectivity index (χ3v) is 6.37. The van der Waals surface area contributed by atoms with Gasteiger partial charge in [0, 0.05) is 31.5 Å². The van der Waals surface area contributed by atoms with Gasteiger partial charge in [-0.2, -0.15) is 0 Å². The van der Waals surface area contributed by atoms with Gasteiger partial charge in [0.15, 0.2) is 0 Å². The maximum Gasteiger partial charge on any atom is 0.0361 e. The Bertz CT molecular complexity index is 446. The Morgan fingerprint density at radius 1 is 1.39 bits per heavy atom. The fourth-order valence-corrected chi connectivity index (χ4v) is 4.42. The number of fused-ring (bicyclic) bond motifs is 2. The van der Waals surface area contributed by atoms with Crippen LogP contribution in [0.5, 0.6) is 0 Å². The van der Waals surface area contributed by atoms with Gasteiger partial charge in [-0.3, -0.25) is 0 Å². The van der Waals surface area contributed by atoms with Gasteiger partial charge in [-0.15, -0.1) is 0 Å². The number of aromatic nitrogens is 1. The van der Waals surface area contributed by atoms with Crippen LogP contribution in [-0.4, -0.2) is 10.6 Å². The molecular formula is C16H26N2. The zero-order chi connectivity index (χ0) is 13.0. The molecule has 2 nitrogen and oxygen atoms in total. The quantitative estimate of drug-likeness (QED) is 0.865. The van der Waals surface area contributed by atoms with Crippen LogP contribution in [0.15, 0.2) is 18.3 Å². The summed E-state index contributed by atoms with van der Waals surface area (Å²) in [5, 5.41) is 3.83. The summed E-state index contributed by atoms with van der Waals surface area (Å²) in [5.41, 5.74) is 2.39. The first kappa shape index (κ1) is 12.3. The van der Waals surface area contributed by atoms with Crippen molar-refractivity contribution in [2.45, 2.75) is 52.6 Å². The number of hydrogen-bond acceptors (Lipinski definition) is 1. The van der Waals surface area contributed by atoms with Crippen LogP contribution in [-0.2, 0) is 13.6 Å². The van der Waals surface area contributed by atoms with Crippen molar-refractivity contribution in [3.63, 3.8) is 0 Å². The van der Waals surface area contributed by atoms with Crippen molar-refractivity contribution in [2.75, 3.05) is 0 Å². The second-order valence-electron chi connectivity index (χ2n) is 7.15. The molecular weight excluding hydrogens is 220 g/mol. The monoisotopic (exact) mass is 246 g/mol. The van der Waals surface area contributed by atoms with E-state index in [4.69, 9.17) is 0 Å². The highest BCUT2D eigenvalue weighted by Crippen LogP contribution is 2.65. The van der Waals surface area contributed by atoms with E-state index in [0.717, 1.165) is 12.5 Å². The molecule has 2 bridgehead atoms. The Kier molecular flexibility index (Phi) is 2.64. The van der Waals surface area contributed by atoms with E-state index < -0.39 is 0 Å². The summed E-state index contributed by atoms with van der Waals surface area (Å²) in [7, 11) is 2.13. The number of nitrogens with zero attached hydrogens (tertiary/aromatic N) is 1. The molecule has 0 aliphatic heterocycles. The summed E-state index contributed by atoms with van der Waals surface area (Å²) in [5.74, 6) is 0.924. The molecule has 0 amide bonds. The summed E-state index contributed by atoms with van der Waals surface area (Å²) >= 11 is 0. The van der Waals surface area contributed by atoms with E-state index in [9.17, 15) is 0 Å². The van der Waals surface area contributed by atoms with Gasteiger partial charge < -0.3 is 9.88 Å². The molecule has 18 heavy (non-hydrogen) atoms. The second kappa shape index (κ2) is 3.86. The Balaban J connectivity index is 1.71. The van der Waals surface area contributed by atoms with Crippen LogP contribution >= 0.6 is 0 Å². The molecule has 1 aromatic rings. The van der Waals surface area contributed by atoms with Gasteiger partial charge in [-0.25, -0.2) is 0 Å². The Morgan fingerprint density at radius 3 is 2.67 bits per heavy atom. The minimum Gasteiger partial charge on any atom is -0.353 e. The predicted molar refractivity (Wildman–Crippen MR) is 75.3 cm³/mol. The second-order valence-corrected chi connectivity index (χ2v) is 7.15. The molecule has 3 rings (SSSR count). The van der Waals surface area contributed by atoms with Crippen LogP contribution < -0.4 is 5.32 Å². The first-order chi connectivity index (χ1) is 8.45. The summed E-state index contributed by atoms with van der Waals surface area (Å²) in [6.45, 7) is 8.47. The van der Waals surface area contributed by atoms with Gasteiger partial charge in [0.05, 0.1) is 0 Å². The molecule has 100 valence electrons. The van der Waals surface area contributed by atoms with Gasteiger partial charge in [-0.1, -0.05) is 20.8 Å². The summed E-state index contributed by atoms with van der Waals surface area (Å²) in [6.07, 6.45) is 6.33. The minimum absolute atomic E-state index is 0.489. The number of hydrogen-bond donors (Lipinski definition) is 1. The first-order valence-electron chi connectivity index (χ1n) is 7.29. The summed E-state index contributed by atoms with van der Waals surface area (Å²) in [6, 6.07) is 5.04. The molecule has 2 fully saturated rings. The first-order valence-corrected chi connectivity index (χ1v) is 7.29. The SMILES string of the molecule is Cn1cccc1CNC1CC2CCC1(C)C2(C)C. The van der Waals surface area contributed by atoms with E-state index in [1.807, 2.05) is 0 Å². The fraction of sp³-hybridized carbons (Fsp3) is 0.750. The van der Waals surface area contributed by atoms with Crippen LogP contribution in [0.25, 0.3) is 0 Å². The van der Waals surface area contributed by atoms with Crippen LogP contribution in [0.3, 0.4) is 0 Å². The Hall–Kier alpha value is -0.760. The van der Waals surface area contributed by atoms with Crippen LogP contribution in [0.2, 0.25) is 0 Å². The molecule has 0 spiro atoms. The molecule has 1 heterocycles. The molecule has 2 heteroatoms. The Labute approximate surface area is 111 Å². The van der Waals surface area contributed by atoms with Crippen molar-refractivity contribution in [2.24, 2.45) is 23.8 Å². The lowest BCUT2D eigenvalue weighted by molar-refractivity contribution is 0.120. The maximum absolute atomic E-state index is 3.83. The Morgan fingerprint density at radius 2 is 2.17 bits per heavy atom. The number of nitrogens with one attached hydrogen (secondary N) is 1. The average molecular weight is 246 g/mol. The third-order valence-electron chi connectivity index (χ3n) is 6.37. The molecule has 2 saturated carbocycles. The van der Waals surface area contributed by atoms with Crippen molar-refractivity contribution in [3.05, 3.63) is 24.0 Å². The van der Waals surface area contributed by atoms with E-state index >= 15 is 0 Å². The summed E-state index contributed by atoms with van der Waals surface area (Å²) in [4.78, 5) is 0. The number of aryl methyl sites for hydroxylation is 1. The van der Waals surface area contributed by atoms with Gasteiger partial charge >= 0.3 is 0 Å². The number of rotatable bonds is 3. The highest BCUT2D eigenvalue weighted by atomic mass is 15.0. The van der Waals surface area contributed by atoms with Crippen LogP contribution in [0, 0.1) is 16.7 Å². The molecule has 2 aliphatic carbocycles. The van der Waals surface area contributed by atoms with Crippen molar-refractivity contribution in [1.82, 2.24) is 9.88 Å². The lowest BCUT2D eigenvalue weighted by atomic mass is 9.69. The molecule has 3 atom stereocenters. The van der Waals surface area contributed by atoms with Gasteiger partial charge in [-0.05, 0) is 48.1 Å². The highest BCUT2D eigenvalue weighted by molar-refractivity contribution is 5.14. The fourth-order valence-electron chi connectivity index (χ4n) is 4.42. The lowest BCUT2D eigenvalue weighted by Crippen LogP contribution is -2.44. The molecule has 3 unspecified atom stereocenters.